The third-order valence-electron chi connectivity index (χ3n) is 3.55. The lowest BCUT2D eigenvalue weighted by Crippen LogP contribution is -2.05. The number of anilines is 2. The second-order valence-electron chi connectivity index (χ2n) is 5.64. The van der Waals surface area contributed by atoms with Crippen LogP contribution >= 0.6 is 7.60 Å². The van der Waals surface area contributed by atoms with Crippen molar-refractivity contribution in [2.24, 2.45) is 0 Å². The van der Waals surface area contributed by atoms with E-state index in [0.717, 1.165) is 5.56 Å². The molecule has 9 nitrogen and oxygen atoms in total. The smallest absolute Gasteiger partial charge is 0.329 e. The van der Waals surface area contributed by atoms with Crippen LogP contribution in [0, 0.1) is 0 Å². The van der Waals surface area contributed by atoms with Gasteiger partial charge in [-0.1, -0.05) is 24.3 Å². The Labute approximate surface area is 143 Å². The molecule has 2 heterocycles. The largest absolute Gasteiger partial charge is 0.382 e. The molecule has 0 spiro atoms. The highest BCUT2D eigenvalue weighted by atomic mass is 31.2. The van der Waals surface area contributed by atoms with Crippen molar-refractivity contribution in [1.82, 2.24) is 19.9 Å². The van der Waals surface area contributed by atoms with E-state index in [9.17, 15) is 4.57 Å². The Morgan fingerprint density at radius 3 is 2.56 bits per heavy atom. The number of hydrogen-bond donors (Lipinski definition) is 4. The molecule has 0 aliphatic carbocycles. The van der Waals surface area contributed by atoms with Gasteiger partial charge in [0.15, 0.2) is 17.0 Å². The van der Waals surface area contributed by atoms with Crippen molar-refractivity contribution in [2.45, 2.75) is 19.0 Å². The summed E-state index contributed by atoms with van der Waals surface area (Å²) in [6.07, 6.45) is 2.57. The lowest BCUT2D eigenvalue weighted by atomic mass is 10.1. The molecule has 0 bridgehead atoms. The highest BCUT2D eigenvalue weighted by Crippen LogP contribution is 2.39. The maximum absolute atomic E-state index is 11.1. The fourth-order valence-electron chi connectivity index (χ4n) is 2.50. The summed E-state index contributed by atoms with van der Waals surface area (Å²) in [6.45, 7) is 0. The van der Waals surface area contributed by atoms with Gasteiger partial charge in [-0.25, -0.2) is 9.97 Å². The molecule has 130 valence electrons. The van der Waals surface area contributed by atoms with Crippen LogP contribution < -0.4 is 11.5 Å². The molecular weight excluding hydrogens is 343 g/mol. The summed E-state index contributed by atoms with van der Waals surface area (Å²) in [5.74, 6) is 0.231. The normalized spacial score (nSPS) is 11.8. The van der Waals surface area contributed by atoms with E-state index >= 15 is 0 Å². The number of aromatic nitrogens is 4. The molecular formula is C15H17N6O3P. The van der Waals surface area contributed by atoms with Gasteiger partial charge in [0.1, 0.15) is 0 Å². The number of hydrogen-bond acceptors (Lipinski definition) is 7. The Hall–Kier alpha value is -2.61. The summed E-state index contributed by atoms with van der Waals surface area (Å²) in [5.41, 5.74) is 14.4. The van der Waals surface area contributed by atoms with Crippen LogP contribution in [0.1, 0.15) is 16.8 Å². The van der Waals surface area contributed by atoms with Crippen molar-refractivity contribution in [3.8, 4) is 0 Å². The van der Waals surface area contributed by atoms with Gasteiger partial charge in [-0.2, -0.15) is 9.97 Å². The molecule has 1 aromatic carbocycles. The van der Waals surface area contributed by atoms with Gasteiger partial charge in [-0.05, 0) is 24.0 Å². The van der Waals surface area contributed by atoms with Gasteiger partial charge in [-0.3, -0.25) is 4.57 Å². The molecule has 0 saturated carbocycles. The first-order valence-electron chi connectivity index (χ1n) is 7.47. The van der Waals surface area contributed by atoms with Gasteiger partial charge in [0.05, 0.1) is 18.1 Å². The van der Waals surface area contributed by atoms with E-state index in [0.29, 0.717) is 35.3 Å². The van der Waals surface area contributed by atoms with Crippen LogP contribution in [0.5, 0.6) is 0 Å². The molecule has 0 atom stereocenters. The predicted molar refractivity (Wildman–Crippen MR) is 93.6 cm³/mol. The van der Waals surface area contributed by atoms with Crippen molar-refractivity contribution in [1.29, 1.82) is 0 Å². The van der Waals surface area contributed by atoms with Crippen molar-refractivity contribution >= 4 is 30.5 Å². The van der Waals surface area contributed by atoms with Gasteiger partial charge in [0.25, 0.3) is 0 Å². The van der Waals surface area contributed by atoms with Crippen LogP contribution in [0.3, 0.4) is 0 Å². The molecule has 0 fully saturated rings. The Morgan fingerprint density at radius 1 is 1.04 bits per heavy atom. The second kappa shape index (κ2) is 6.72. The molecule has 2 aromatic heterocycles. The van der Waals surface area contributed by atoms with E-state index in [4.69, 9.17) is 21.3 Å². The maximum atomic E-state index is 11.1. The number of nitrogens with two attached hydrogens (primary N) is 2. The average Bonchev–Trinajstić information content (AvgIpc) is 2.52. The Morgan fingerprint density at radius 2 is 1.80 bits per heavy atom. The van der Waals surface area contributed by atoms with Crippen LogP contribution in [0.2, 0.25) is 0 Å². The molecule has 0 aliphatic rings. The van der Waals surface area contributed by atoms with Gasteiger partial charge >= 0.3 is 7.60 Å². The summed E-state index contributed by atoms with van der Waals surface area (Å²) in [6, 6.07) is 7.16. The summed E-state index contributed by atoms with van der Waals surface area (Å²) in [7, 11) is -4.08. The first-order chi connectivity index (χ1) is 11.8. The Kier molecular flexibility index (Phi) is 4.63. The van der Waals surface area contributed by atoms with E-state index in [1.54, 1.807) is 24.4 Å². The summed E-state index contributed by atoms with van der Waals surface area (Å²) >= 11 is 0. The van der Waals surface area contributed by atoms with Gasteiger partial charge in [0, 0.05) is 0 Å². The first kappa shape index (κ1) is 17.2. The predicted octanol–water partition coefficient (Wildman–Crippen LogP) is 1.05. The monoisotopic (exact) mass is 360 g/mol. The highest BCUT2D eigenvalue weighted by molar-refractivity contribution is 7.50. The van der Waals surface area contributed by atoms with Crippen LogP contribution in [0.25, 0.3) is 11.2 Å². The van der Waals surface area contributed by atoms with Gasteiger partial charge in [-0.15, -0.1) is 0 Å². The number of fused-ring (bicyclic) bond motifs is 1. The number of rotatable bonds is 5. The van der Waals surface area contributed by atoms with E-state index < -0.39 is 7.60 Å². The molecule has 3 rings (SSSR count). The highest BCUT2D eigenvalue weighted by Gasteiger charge is 2.14. The fraction of sp³-hybridized carbons (Fsp3) is 0.200. The van der Waals surface area contributed by atoms with Crippen LogP contribution in [-0.4, -0.2) is 29.7 Å². The lowest BCUT2D eigenvalue weighted by Gasteiger charge is -2.07. The standard InChI is InChI=1S/C15H17N6O3P/c16-13-12-14(21-15(17)20-13)18-7-11(19-12)5-4-9-2-1-3-10(6-9)8-25(22,23)24/h1-3,6-7H,4-5,8H2,(H2,22,23,24)(H4,16,17,18,20,21). The Balaban J connectivity index is 1.76. The molecule has 10 heteroatoms. The third-order valence-corrected chi connectivity index (χ3v) is 4.33. The molecule has 0 aliphatic heterocycles. The van der Waals surface area contributed by atoms with Crippen LogP contribution in [0.15, 0.2) is 30.5 Å². The molecule has 25 heavy (non-hydrogen) atoms. The lowest BCUT2D eigenvalue weighted by molar-refractivity contribution is 0.371. The first-order valence-corrected chi connectivity index (χ1v) is 9.27. The number of aryl methyl sites for hydroxylation is 2. The van der Waals surface area contributed by atoms with Crippen molar-refractivity contribution in [3.63, 3.8) is 0 Å². The fourth-order valence-corrected chi connectivity index (χ4v) is 3.17. The summed E-state index contributed by atoms with van der Waals surface area (Å²) in [4.78, 5) is 34.6. The minimum Gasteiger partial charge on any atom is -0.382 e. The van der Waals surface area contributed by atoms with Crippen LogP contribution in [-0.2, 0) is 23.6 Å². The van der Waals surface area contributed by atoms with Crippen molar-refractivity contribution in [3.05, 3.63) is 47.3 Å². The maximum Gasteiger partial charge on any atom is 0.329 e. The van der Waals surface area contributed by atoms with Gasteiger partial charge in [0.2, 0.25) is 5.95 Å². The number of nitrogens with zero attached hydrogens (tertiary/aromatic N) is 4. The zero-order chi connectivity index (χ0) is 18.0. The molecule has 3 aromatic rings. The Bertz CT molecular complexity index is 975. The van der Waals surface area contributed by atoms with Crippen molar-refractivity contribution in [2.75, 3.05) is 11.5 Å². The third kappa shape index (κ3) is 4.48. The van der Waals surface area contributed by atoms with Gasteiger partial charge < -0.3 is 21.3 Å². The van der Waals surface area contributed by atoms with Crippen LogP contribution in [0.4, 0.5) is 11.8 Å². The molecule has 0 amide bonds. The second-order valence-corrected chi connectivity index (χ2v) is 7.29. The summed E-state index contributed by atoms with van der Waals surface area (Å²) in [5, 5.41) is 0. The minimum absolute atomic E-state index is 0.0499. The average molecular weight is 360 g/mol. The minimum atomic E-state index is -4.08. The zero-order valence-corrected chi connectivity index (χ0v) is 14.1. The molecule has 6 N–H and O–H groups in total. The van der Waals surface area contributed by atoms with E-state index in [2.05, 4.69) is 19.9 Å². The molecule has 0 radical (unpaired) electrons. The number of nitrogen functional groups attached to an aromatic ring is 2. The zero-order valence-electron chi connectivity index (χ0n) is 13.2. The van der Waals surface area contributed by atoms with E-state index in [1.165, 1.54) is 0 Å². The van der Waals surface area contributed by atoms with E-state index in [1.807, 2.05) is 6.07 Å². The molecule has 0 unspecified atom stereocenters. The number of benzene rings is 1. The van der Waals surface area contributed by atoms with E-state index in [-0.39, 0.29) is 17.9 Å². The SMILES string of the molecule is Nc1nc(N)c2nc(CCc3cccc(CP(=O)(O)O)c3)cnc2n1. The van der Waals surface area contributed by atoms with Crippen molar-refractivity contribution < 1.29 is 14.4 Å². The topological polar surface area (TPSA) is 161 Å². The molecule has 0 saturated heterocycles. The summed E-state index contributed by atoms with van der Waals surface area (Å²) < 4.78 is 11.1. The quantitative estimate of drug-likeness (QED) is 0.487.